The quantitative estimate of drug-likeness (QED) is 0.373. The summed E-state index contributed by atoms with van der Waals surface area (Å²) in [5, 5.41) is 14.3. The smallest absolute Gasteiger partial charge is 0.145 e. The summed E-state index contributed by atoms with van der Waals surface area (Å²) in [6, 6.07) is 2.18. The third-order valence-electron chi connectivity index (χ3n) is 7.31. The molecule has 2 saturated heterocycles. The van der Waals surface area contributed by atoms with Gasteiger partial charge in [0.1, 0.15) is 17.5 Å². The second kappa shape index (κ2) is 10.2. The van der Waals surface area contributed by atoms with Crippen LogP contribution in [0.2, 0.25) is 0 Å². The summed E-state index contributed by atoms with van der Waals surface area (Å²) in [4.78, 5) is 18.8. The highest BCUT2D eigenvalue weighted by Gasteiger charge is 2.45. The van der Waals surface area contributed by atoms with Gasteiger partial charge in [0.05, 0.1) is 17.1 Å². The highest BCUT2D eigenvalue weighted by atomic mass is 16.1. The van der Waals surface area contributed by atoms with Crippen LogP contribution in [0, 0.1) is 18.3 Å². The number of hydrogen-bond acceptors (Lipinski definition) is 7. The first kappa shape index (κ1) is 24.9. The van der Waals surface area contributed by atoms with Crippen molar-refractivity contribution in [2.45, 2.75) is 40.5 Å². The molecule has 8 nitrogen and oxygen atoms in total. The standard InChI is InChI=1S/C27H37N7O/c1-7-19(2)22(5)30-34-21(4)8-9-25(31-34)24(10-13-35)29-26-20(3)14-23(15-32(26)6)33-17-27(18-33)11-12-28-16-27/h8-10,13-15,19,28H,4,7,11-12,16-18H2,1-3,5-6H3/b24-10-,29-26?,30-22-. The largest absolute Gasteiger partial charge is 0.369 e. The van der Waals surface area contributed by atoms with Crippen LogP contribution >= 0.6 is 0 Å². The summed E-state index contributed by atoms with van der Waals surface area (Å²) in [5.41, 5.74) is 6.15. The first-order valence-corrected chi connectivity index (χ1v) is 12.4. The van der Waals surface area contributed by atoms with Gasteiger partial charge in [0.25, 0.3) is 0 Å². The van der Waals surface area contributed by atoms with E-state index in [4.69, 9.17) is 4.99 Å². The molecular formula is C27H37N7O. The number of allylic oxidation sites excluding steroid dienone is 3. The lowest BCUT2D eigenvalue weighted by Gasteiger charge is -2.49. The van der Waals surface area contributed by atoms with E-state index in [2.05, 4.69) is 60.0 Å². The molecule has 0 aliphatic carbocycles. The van der Waals surface area contributed by atoms with Crippen LogP contribution < -0.4 is 15.7 Å². The Morgan fingerprint density at radius 1 is 1.37 bits per heavy atom. The van der Waals surface area contributed by atoms with Gasteiger partial charge >= 0.3 is 0 Å². The van der Waals surface area contributed by atoms with Crippen molar-refractivity contribution in [1.82, 2.24) is 15.0 Å². The summed E-state index contributed by atoms with van der Waals surface area (Å²) in [6.07, 6.45) is 10.2. The first-order valence-electron chi connectivity index (χ1n) is 12.4. The Bertz CT molecular complexity index is 1160. The molecule has 1 spiro atoms. The number of pyridine rings is 1. The van der Waals surface area contributed by atoms with E-state index in [-0.39, 0.29) is 0 Å². The lowest BCUT2D eigenvalue weighted by Crippen LogP contribution is -2.57. The van der Waals surface area contributed by atoms with Crippen LogP contribution in [0.1, 0.15) is 39.2 Å². The Kier molecular flexibility index (Phi) is 7.21. The Morgan fingerprint density at radius 3 is 2.77 bits per heavy atom. The Morgan fingerprint density at radius 2 is 2.14 bits per heavy atom. The highest BCUT2D eigenvalue weighted by molar-refractivity contribution is 6.10. The maximum absolute atomic E-state index is 11.5. The molecule has 1 N–H and O–H groups in total. The van der Waals surface area contributed by atoms with Gasteiger partial charge in [-0.2, -0.15) is 10.2 Å². The van der Waals surface area contributed by atoms with Gasteiger partial charge in [-0.3, -0.25) is 4.79 Å². The molecule has 0 radical (unpaired) electrons. The van der Waals surface area contributed by atoms with Crippen molar-refractivity contribution in [1.29, 1.82) is 0 Å². The lowest BCUT2D eigenvalue weighted by molar-refractivity contribution is -0.104. The molecule has 1 aromatic heterocycles. The predicted octanol–water partition coefficient (Wildman–Crippen LogP) is 3.28. The molecule has 8 heteroatoms. The van der Waals surface area contributed by atoms with E-state index in [1.54, 1.807) is 0 Å². The summed E-state index contributed by atoms with van der Waals surface area (Å²) in [6.45, 7) is 16.8. The molecule has 35 heavy (non-hydrogen) atoms. The topological polar surface area (TPSA) is 77.6 Å². The molecule has 3 aliphatic rings. The minimum absolute atomic E-state index is 0.341. The minimum atomic E-state index is 0.341. The normalized spacial score (nSPS) is 21.5. The number of rotatable bonds is 7. The van der Waals surface area contributed by atoms with Crippen LogP contribution in [0.4, 0.5) is 5.69 Å². The van der Waals surface area contributed by atoms with Gasteiger partial charge in [-0.25, -0.2) is 4.99 Å². The molecule has 0 aromatic carbocycles. The number of hydrazone groups is 2. The predicted molar refractivity (Wildman–Crippen MR) is 142 cm³/mol. The van der Waals surface area contributed by atoms with Crippen LogP contribution in [-0.4, -0.2) is 53.6 Å². The lowest BCUT2D eigenvalue weighted by atomic mass is 9.79. The van der Waals surface area contributed by atoms with E-state index in [0.29, 0.717) is 28.4 Å². The van der Waals surface area contributed by atoms with Gasteiger partial charge in [0, 0.05) is 50.1 Å². The number of aryl methyl sites for hydroxylation is 2. The van der Waals surface area contributed by atoms with Gasteiger partial charge in [-0.15, -0.1) is 5.10 Å². The van der Waals surface area contributed by atoms with Gasteiger partial charge in [-0.05, 0) is 62.9 Å². The first-order chi connectivity index (χ1) is 16.7. The molecule has 1 atom stereocenters. The van der Waals surface area contributed by atoms with Gasteiger partial charge in [0.15, 0.2) is 0 Å². The maximum Gasteiger partial charge on any atom is 0.145 e. The minimum Gasteiger partial charge on any atom is -0.369 e. The number of nitrogens with zero attached hydrogens (tertiary/aromatic N) is 6. The molecule has 3 aliphatic heterocycles. The van der Waals surface area contributed by atoms with Crippen LogP contribution in [0.5, 0.6) is 0 Å². The molecule has 186 valence electrons. The van der Waals surface area contributed by atoms with Crippen molar-refractivity contribution in [3.8, 4) is 0 Å². The van der Waals surface area contributed by atoms with Crippen molar-refractivity contribution in [3.63, 3.8) is 0 Å². The zero-order valence-corrected chi connectivity index (χ0v) is 21.6. The zero-order chi connectivity index (χ0) is 25.2. The zero-order valence-electron chi connectivity index (χ0n) is 21.6. The van der Waals surface area contributed by atoms with Crippen molar-refractivity contribution >= 4 is 23.4 Å². The van der Waals surface area contributed by atoms with Gasteiger partial charge < -0.3 is 14.8 Å². The number of carbonyl (C=O) groups excluding carboxylic acids is 1. The highest BCUT2D eigenvalue weighted by Crippen LogP contribution is 2.38. The Hall–Kier alpha value is -3.26. The van der Waals surface area contributed by atoms with E-state index in [9.17, 15) is 4.79 Å². The number of aldehydes is 1. The third kappa shape index (κ3) is 5.22. The fourth-order valence-electron chi connectivity index (χ4n) is 4.78. The van der Waals surface area contributed by atoms with Crippen LogP contribution in [0.3, 0.4) is 0 Å². The fraction of sp³-hybridized carbons (Fsp3) is 0.481. The number of hydrogen-bond donors (Lipinski definition) is 1. The van der Waals surface area contributed by atoms with Gasteiger partial charge in [0.2, 0.25) is 0 Å². The van der Waals surface area contributed by atoms with Gasteiger partial charge in [-0.1, -0.05) is 20.4 Å². The second-order valence-corrected chi connectivity index (χ2v) is 10.0. The van der Waals surface area contributed by atoms with E-state index >= 15 is 0 Å². The Balaban J connectivity index is 1.63. The van der Waals surface area contributed by atoms with E-state index < -0.39 is 0 Å². The van der Waals surface area contributed by atoms with Crippen molar-refractivity contribution < 1.29 is 4.79 Å². The van der Waals surface area contributed by atoms with Crippen LogP contribution in [0.15, 0.2) is 63.7 Å². The average molecular weight is 476 g/mol. The van der Waals surface area contributed by atoms with Crippen molar-refractivity contribution in [2.75, 3.05) is 31.1 Å². The molecule has 1 unspecified atom stereocenters. The fourth-order valence-corrected chi connectivity index (χ4v) is 4.78. The van der Waals surface area contributed by atoms with Crippen molar-refractivity contribution in [3.05, 3.63) is 59.5 Å². The number of aromatic nitrogens is 1. The Labute approximate surface area is 208 Å². The van der Waals surface area contributed by atoms with Crippen LogP contribution in [-0.2, 0) is 11.8 Å². The van der Waals surface area contributed by atoms with Crippen LogP contribution in [0.25, 0.3) is 0 Å². The van der Waals surface area contributed by atoms with E-state index in [1.165, 1.54) is 23.3 Å². The second-order valence-electron chi connectivity index (χ2n) is 10.0. The molecule has 4 rings (SSSR count). The van der Waals surface area contributed by atoms with Crippen molar-refractivity contribution in [2.24, 2.45) is 33.6 Å². The van der Waals surface area contributed by atoms with E-state index in [1.807, 2.05) is 30.7 Å². The summed E-state index contributed by atoms with van der Waals surface area (Å²) >= 11 is 0. The maximum atomic E-state index is 11.5. The molecular weight excluding hydrogens is 438 g/mol. The molecule has 1 aromatic rings. The summed E-state index contributed by atoms with van der Waals surface area (Å²) < 4.78 is 2.02. The molecule has 2 fully saturated rings. The third-order valence-corrected chi connectivity index (χ3v) is 7.31. The number of carbonyl (C=O) groups is 1. The summed E-state index contributed by atoms with van der Waals surface area (Å²) in [5.74, 6) is 0.341. The molecule has 0 saturated carbocycles. The molecule has 0 bridgehead atoms. The SMILES string of the molecule is C=C1C=CC(/C(=C/C=O)N=c2c(C)cc(N3CC4(CCNC4)C3)cn2C)=NN1/N=C(/C)C(C)CC. The summed E-state index contributed by atoms with van der Waals surface area (Å²) in [7, 11) is 1.99. The van der Waals surface area contributed by atoms with E-state index in [0.717, 1.165) is 55.6 Å². The number of nitrogens with one attached hydrogen (secondary N) is 1. The number of anilines is 1. The molecule has 4 heterocycles. The monoisotopic (exact) mass is 475 g/mol. The molecule has 0 amide bonds. The average Bonchev–Trinajstić information content (AvgIpc) is 3.31.